The first-order valence-corrected chi connectivity index (χ1v) is 5.09. The lowest BCUT2D eigenvalue weighted by molar-refractivity contribution is 0.101. The Morgan fingerprint density at radius 3 is 2.86 bits per heavy atom. The highest BCUT2D eigenvalue weighted by Crippen LogP contribution is 2.22. The zero-order valence-electron chi connectivity index (χ0n) is 7.71. The second-order valence-corrected chi connectivity index (χ2v) is 3.86. The van der Waals surface area contributed by atoms with Gasteiger partial charge in [0, 0.05) is 5.56 Å². The van der Waals surface area contributed by atoms with E-state index in [0.29, 0.717) is 11.3 Å². The number of carbonyl (C=O) groups is 1. The van der Waals surface area contributed by atoms with Gasteiger partial charge in [-0.1, -0.05) is 5.92 Å². The zero-order valence-corrected chi connectivity index (χ0v) is 9.87. The van der Waals surface area contributed by atoms with Crippen molar-refractivity contribution in [3.8, 4) is 18.1 Å². The van der Waals surface area contributed by atoms with Crippen molar-refractivity contribution < 1.29 is 9.53 Å². The van der Waals surface area contributed by atoms with Crippen molar-refractivity contribution >= 4 is 28.4 Å². The average Bonchev–Trinajstić information content (AvgIpc) is 2.15. The van der Waals surface area contributed by atoms with Crippen molar-refractivity contribution in [1.82, 2.24) is 0 Å². The van der Waals surface area contributed by atoms with E-state index in [0.717, 1.165) is 3.57 Å². The summed E-state index contributed by atoms with van der Waals surface area (Å²) in [4.78, 5) is 11.0. The molecular formula is C11H9IO2. The molecule has 0 N–H and O–H groups in total. The minimum atomic E-state index is 0.0476. The molecule has 0 atom stereocenters. The number of ketones is 1. The second kappa shape index (κ2) is 5.01. The van der Waals surface area contributed by atoms with Crippen LogP contribution in [0.25, 0.3) is 0 Å². The Hall–Kier alpha value is -1.02. The largest absolute Gasteiger partial charge is 0.480 e. The van der Waals surface area contributed by atoms with Gasteiger partial charge in [-0.05, 0) is 47.7 Å². The first-order chi connectivity index (χ1) is 6.65. The van der Waals surface area contributed by atoms with Crippen LogP contribution in [0.5, 0.6) is 5.75 Å². The minimum Gasteiger partial charge on any atom is -0.480 e. The molecule has 1 aromatic rings. The van der Waals surface area contributed by atoms with Crippen LogP contribution in [0.3, 0.4) is 0 Å². The number of hydrogen-bond donors (Lipinski definition) is 0. The van der Waals surface area contributed by atoms with Crippen molar-refractivity contribution in [3.05, 3.63) is 27.3 Å². The Kier molecular flexibility index (Phi) is 3.96. The van der Waals surface area contributed by atoms with Crippen LogP contribution >= 0.6 is 22.6 Å². The van der Waals surface area contributed by atoms with Crippen molar-refractivity contribution in [2.45, 2.75) is 6.92 Å². The Morgan fingerprint density at radius 1 is 1.64 bits per heavy atom. The van der Waals surface area contributed by atoms with Gasteiger partial charge in [0.2, 0.25) is 0 Å². The molecule has 0 saturated heterocycles. The van der Waals surface area contributed by atoms with E-state index < -0.39 is 0 Å². The maximum Gasteiger partial charge on any atom is 0.159 e. The van der Waals surface area contributed by atoms with Gasteiger partial charge in [-0.15, -0.1) is 6.42 Å². The van der Waals surface area contributed by atoms with Gasteiger partial charge in [-0.2, -0.15) is 0 Å². The van der Waals surface area contributed by atoms with Crippen LogP contribution in [0.1, 0.15) is 17.3 Å². The molecule has 3 heteroatoms. The molecule has 1 rings (SSSR count). The molecule has 0 bridgehead atoms. The van der Waals surface area contributed by atoms with Crippen molar-refractivity contribution in [2.75, 3.05) is 6.61 Å². The fourth-order valence-electron chi connectivity index (χ4n) is 0.956. The highest BCUT2D eigenvalue weighted by Gasteiger charge is 2.04. The number of halogens is 1. The van der Waals surface area contributed by atoms with Gasteiger partial charge in [-0.3, -0.25) is 4.79 Å². The minimum absolute atomic E-state index is 0.0476. The topological polar surface area (TPSA) is 26.3 Å². The molecule has 14 heavy (non-hydrogen) atoms. The van der Waals surface area contributed by atoms with Crippen LogP contribution < -0.4 is 4.74 Å². The summed E-state index contributed by atoms with van der Waals surface area (Å²) in [6.45, 7) is 1.78. The van der Waals surface area contributed by atoms with Crippen LogP contribution in [-0.2, 0) is 0 Å². The van der Waals surface area contributed by atoms with E-state index in [-0.39, 0.29) is 12.4 Å². The summed E-state index contributed by atoms with van der Waals surface area (Å²) in [5, 5.41) is 0. The molecule has 0 radical (unpaired) electrons. The third-order valence-electron chi connectivity index (χ3n) is 1.65. The van der Waals surface area contributed by atoms with Crippen LogP contribution in [-0.4, -0.2) is 12.4 Å². The van der Waals surface area contributed by atoms with E-state index in [2.05, 4.69) is 28.5 Å². The van der Waals surface area contributed by atoms with Gasteiger partial charge >= 0.3 is 0 Å². The monoisotopic (exact) mass is 300 g/mol. The van der Waals surface area contributed by atoms with Gasteiger partial charge in [0.25, 0.3) is 0 Å². The maximum absolute atomic E-state index is 11.0. The molecule has 0 fully saturated rings. The van der Waals surface area contributed by atoms with E-state index in [4.69, 9.17) is 11.2 Å². The summed E-state index contributed by atoms with van der Waals surface area (Å²) >= 11 is 2.11. The van der Waals surface area contributed by atoms with E-state index in [1.165, 1.54) is 6.92 Å². The van der Waals surface area contributed by atoms with Gasteiger partial charge in [-0.25, -0.2) is 0 Å². The number of terminal acetylenes is 1. The Bertz CT molecular complexity index is 391. The molecule has 0 spiro atoms. The predicted molar refractivity (Wildman–Crippen MR) is 63.5 cm³/mol. The number of hydrogen-bond acceptors (Lipinski definition) is 2. The lowest BCUT2D eigenvalue weighted by atomic mass is 10.1. The zero-order chi connectivity index (χ0) is 10.6. The molecule has 0 aromatic heterocycles. The van der Waals surface area contributed by atoms with Crippen molar-refractivity contribution in [1.29, 1.82) is 0 Å². The molecule has 2 nitrogen and oxygen atoms in total. The predicted octanol–water partition coefficient (Wildman–Crippen LogP) is 2.51. The van der Waals surface area contributed by atoms with Crippen LogP contribution in [0.2, 0.25) is 0 Å². The van der Waals surface area contributed by atoms with Gasteiger partial charge in [0.1, 0.15) is 12.4 Å². The van der Waals surface area contributed by atoms with Crippen LogP contribution in [0.4, 0.5) is 0 Å². The number of Topliss-reactive ketones (excluding diaryl/α,β-unsaturated/α-hetero) is 1. The van der Waals surface area contributed by atoms with Gasteiger partial charge in [0.15, 0.2) is 5.78 Å². The van der Waals surface area contributed by atoms with E-state index in [9.17, 15) is 4.79 Å². The Morgan fingerprint density at radius 2 is 2.36 bits per heavy atom. The third kappa shape index (κ3) is 2.74. The highest BCUT2D eigenvalue weighted by atomic mass is 127. The Balaban J connectivity index is 2.91. The number of rotatable bonds is 3. The molecule has 0 heterocycles. The molecule has 0 aliphatic carbocycles. The van der Waals surface area contributed by atoms with Gasteiger partial charge in [0.05, 0.1) is 3.57 Å². The lowest BCUT2D eigenvalue weighted by Gasteiger charge is -2.05. The van der Waals surface area contributed by atoms with E-state index >= 15 is 0 Å². The summed E-state index contributed by atoms with van der Waals surface area (Å²) in [5.74, 6) is 3.15. The molecular weight excluding hydrogens is 291 g/mol. The average molecular weight is 300 g/mol. The van der Waals surface area contributed by atoms with Crippen LogP contribution in [0, 0.1) is 15.9 Å². The molecule has 0 saturated carbocycles. The van der Waals surface area contributed by atoms with Gasteiger partial charge < -0.3 is 4.74 Å². The van der Waals surface area contributed by atoms with E-state index in [1.54, 1.807) is 18.2 Å². The molecule has 0 amide bonds. The summed E-state index contributed by atoms with van der Waals surface area (Å²) in [6, 6.07) is 5.28. The second-order valence-electron chi connectivity index (χ2n) is 2.69. The molecule has 72 valence electrons. The number of carbonyl (C=O) groups excluding carboxylic acids is 1. The summed E-state index contributed by atoms with van der Waals surface area (Å²) in [5.41, 5.74) is 0.683. The normalized spacial score (nSPS) is 9.21. The molecule has 1 aromatic carbocycles. The number of ether oxygens (including phenoxy) is 1. The fraction of sp³-hybridized carbons (Fsp3) is 0.182. The highest BCUT2D eigenvalue weighted by molar-refractivity contribution is 14.1. The molecule has 0 unspecified atom stereocenters. The van der Waals surface area contributed by atoms with Crippen molar-refractivity contribution in [3.63, 3.8) is 0 Å². The molecule has 0 aliphatic heterocycles. The maximum atomic E-state index is 11.0. The van der Waals surface area contributed by atoms with E-state index in [1.807, 2.05) is 0 Å². The molecule has 0 aliphatic rings. The lowest BCUT2D eigenvalue weighted by Crippen LogP contribution is -1.98. The number of benzene rings is 1. The fourth-order valence-corrected chi connectivity index (χ4v) is 1.63. The first-order valence-electron chi connectivity index (χ1n) is 4.02. The van der Waals surface area contributed by atoms with Crippen molar-refractivity contribution in [2.24, 2.45) is 0 Å². The van der Waals surface area contributed by atoms with Crippen LogP contribution in [0.15, 0.2) is 18.2 Å². The Labute approximate surface area is 96.8 Å². The summed E-state index contributed by atoms with van der Waals surface area (Å²) in [6.07, 6.45) is 5.07. The quantitative estimate of drug-likeness (QED) is 0.487. The summed E-state index contributed by atoms with van der Waals surface area (Å²) in [7, 11) is 0. The summed E-state index contributed by atoms with van der Waals surface area (Å²) < 4.78 is 6.16. The smallest absolute Gasteiger partial charge is 0.159 e. The third-order valence-corrected chi connectivity index (χ3v) is 2.49. The standard InChI is InChI=1S/C11H9IO2/c1-3-6-14-11-5-4-9(8(2)13)7-10(11)12/h1,4-5,7H,6H2,2H3. The first kappa shape index (κ1) is 11.1. The SMILES string of the molecule is C#CCOc1ccc(C(C)=O)cc1I.